The van der Waals surface area contributed by atoms with Crippen molar-refractivity contribution in [3.8, 4) is 0 Å². The van der Waals surface area contributed by atoms with Crippen LogP contribution in [0.25, 0.3) is 0 Å². The molecule has 0 aromatic rings. The zero-order valence-electron chi connectivity index (χ0n) is 14.7. The van der Waals surface area contributed by atoms with Crippen LogP contribution in [0.1, 0.15) is 48.0 Å². The molecule has 0 aliphatic rings. The fourth-order valence-electron chi connectivity index (χ4n) is 3.19. The molecule has 122 valence electrons. The van der Waals surface area contributed by atoms with E-state index in [0.29, 0.717) is 0 Å². The first-order valence-corrected chi connectivity index (χ1v) is 12.9. The van der Waals surface area contributed by atoms with Crippen molar-refractivity contribution in [1.82, 2.24) is 4.57 Å². The van der Waals surface area contributed by atoms with Crippen molar-refractivity contribution >= 4 is 17.5 Å². The van der Waals surface area contributed by atoms with Gasteiger partial charge in [-0.1, -0.05) is 27.7 Å². The largest absolute Gasteiger partial charge is 0.397 e. The maximum Gasteiger partial charge on any atom is 0.321 e. The molecule has 0 rings (SSSR count). The molecule has 0 atom stereocenters. The summed E-state index contributed by atoms with van der Waals surface area (Å²) in [6.45, 7) is 17.7. The molecule has 0 aromatic heterocycles. The topological polar surface area (TPSA) is 21.7 Å². The van der Waals surface area contributed by atoms with Crippen LogP contribution in [-0.2, 0) is 8.85 Å². The lowest BCUT2D eigenvalue weighted by atomic mass is 10.5. The van der Waals surface area contributed by atoms with E-state index < -0.39 is 17.5 Å². The molecular formula is C15H37NO2Si2. The van der Waals surface area contributed by atoms with E-state index in [9.17, 15) is 0 Å². The van der Waals surface area contributed by atoms with Gasteiger partial charge in [0, 0.05) is 13.2 Å². The van der Waals surface area contributed by atoms with E-state index >= 15 is 0 Å². The Balaban J connectivity index is 4.36. The minimum atomic E-state index is -1.40. The lowest BCUT2D eigenvalue weighted by molar-refractivity contribution is 0.212. The smallest absolute Gasteiger partial charge is 0.321 e. The van der Waals surface area contributed by atoms with Crippen LogP contribution in [0.3, 0.4) is 0 Å². The highest BCUT2D eigenvalue weighted by molar-refractivity contribution is 6.77. The van der Waals surface area contributed by atoms with E-state index in [1.54, 1.807) is 0 Å². The molecule has 0 saturated carbocycles. The van der Waals surface area contributed by atoms with Crippen LogP contribution in [0.15, 0.2) is 0 Å². The van der Waals surface area contributed by atoms with Crippen molar-refractivity contribution in [2.24, 2.45) is 0 Å². The van der Waals surface area contributed by atoms with Gasteiger partial charge in [-0.3, -0.25) is 0 Å². The summed E-state index contributed by atoms with van der Waals surface area (Å²) in [6.07, 6.45) is 1.24. The molecule has 0 radical (unpaired) electrons. The summed E-state index contributed by atoms with van der Waals surface area (Å²) in [5.74, 6) is 0. The second kappa shape index (κ2) is 11.9. The van der Waals surface area contributed by atoms with Crippen molar-refractivity contribution in [3.63, 3.8) is 0 Å². The van der Waals surface area contributed by atoms with E-state index in [-0.39, 0.29) is 0 Å². The van der Waals surface area contributed by atoms with Gasteiger partial charge < -0.3 is 13.4 Å². The fourth-order valence-corrected chi connectivity index (χ4v) is 9.02. The van der Waals surface area contributed by atoms with Gasteiger partial charge in [-0.15, -0.1) is 0 Å². The van der Waals surface area contributed by atoms with E-state index in [2.05, 4.69) is 46.1 Å². The van der Waals surface area contributed by atoms with Crippen LogP contribution < -0.4 is 0 Å². The first-order valence-electron chi connectivity index (χ1n) is 8.62. The summed E-state index contributed by atoms with van der Waals surface area (Å²) >= 11 is 0. The van der Waals surface area contributed by atoms with Crippen LogP contribution in [0.4, 0.5) is 0 Å². The first kappa shape index (κ1) is 20.3. The predicted molar refractivity (Wildman–Crippen MR) is 94.3 cm³/mol. The molecule has 0 aromatic carbocycles. The van der Waals surface area contributed by atoms with E-state index in [4.69, 9.17) is 8.85 Å². The van der Waals surface area contributed by atoms with E-state index in [0.717, 1.165) is 19.3 Å². The maximum atomic E-state index is 5.77. The minimum Gasteiger partial charge on any atom is -0.397 e. The van der Waals surface area contributed by atoms with E-state index in [1.165, 1.54) is 37.6 Å². The summed E-state index contributed by atoms with van der Waals surface area (Å²) in [5, 5.41) is 0. The molecule has 0 saturated heterocycles. The number of hydrogen-bond donors (Lipinski definition) is 0. The van der Waals surface area contributed by atoms with E-state index in [1.807, 2.05) is 0 Å². The van der Waals surface area contributed by atoms with Gasteiger partial charge in [0.2, 0.25) is 0 Å². The third-order valence-corrected chi connectivity index (χ3v) is 12.7. The monoisotopic (exact) mass is 319 g/mol. The van der Waals surface area contributed by atoms with Crippen molar-refractivity contribution in [2.75, 3.05) is 26.3 Å². The molecule has 0 aliphatic carbocycles. The molecule has 5 heteroatoms. The van der Waals surface area contributed by atoms with Gasteiger partial charge >= 0.3 is 9.28 Å². The normalized spacial score (nSPS) is 12.6. The predicted octanol–water partition coefficient (Wildman–Crippen LogP) is 4.00. The summed E-state index contributed by atoms with van der Waals surface area (Å²) in [4.78, 5) is 0. The highest BCUT2D eigenvalue weighted by atomic mass is 28.3. The van der Waals surface area contributed by atoms with Crippen molar-refractivity contribution in [3.05, 3.63) is 0 Å². The molecule has 20 heavy (non-hydrogen) atoms. The molecule has 0 bridgehead atoms. The van der Waals surface area contributed by atoms with Gasteiger partial charge in [-0.25, -0.2) is 0 Å². The number of nitrogens with zero attached hydrogens (tertiary/aromatic N) is 1. The summed E-state index contributed by atoms with van der Waals surface area (Å²) < 4.78 is 14.4. The molecule has 0 amide bonds. The molecule has 0 aliphatic heterocycles. The molecule has 0 spiro atoms. The van der Waals surface area contributed by atoms with Crippen molar-refractivity contribution in [1.29, 1.82) is 0 Å². The Kier molecular flexibility index (Phi) is 12.1. The second-order valence-electron chi connectivity index (χ2n) is 5.35. The number of hydrogen-bond acceptors (Lipinski definition) is 3. The molecule has 0 unspecified atom stereocenters. The first-order chi connectivity index (χ1) is 9.63. The van der Waals surface area contributed by atoms with Gasteiger partial charge in [0.25, 0.3) is 0 Å². The van der Waals surface area contributed by atoms with Crippen LogP contribution in [0.5, 0.6) is 0 Å². The van der Waals surface area contributed by atoms with Gasteiger partial charge in [-0.05, 0) is 57.5 Å². The van der Waals surface area contributed by atoms with Gasteiger partial charge in [0.15, 0.2) is 0 Å². The molecule has 0 N–H and O–H groups in total. The third kappa shape index (κ3) is 6.39. The quantitative estimate of drug-likeness (QED) is 0.479. The molecule has 0 heterocycles. The Labute approximate surface area is 130 Å². The Morgan fingerprint density at radius 1 is 0.850 bits per heavy atom. The van der Waals surface area contributed by atoms with Crippen LogP contribution in [0, 0.1) is 0 Å². The zero-order valence-corrected chi connectivity index (χ0v) is 16.9. The standard InChI is InChI=1S/C15H37NO2Si2/c1-7-16(20(10-4,11-5)12-6)14-13-15-19(17-8-2)18-9-3/h19H,7-15H2,1-6H3. The van der Waals surface area contributed by atoms with Crippen LogP contribution >= 0.6 is 0 Å². The van der Waals surface area contributed by atoms with Crippen LogP contribution in [0.2, 0.25) is 24.2 Å². The fraction of sp³-hybridized carbons (Fsp3) is 1.00. The van der Waals surface area contributed by atoms with Crippen molar-refractivity contribution < 1.29 is 8.85 Å². The maximum absolute atomic E-state index is 5.77. The molecule has 3 nitrogen and oxygen atoms in total. The Morgan fingerprint density at radius 3 is 1.70 bits per heavy atom. The molecule has 0 fully saturated rings. The average molecular weight is 320 g/mol. The van der Waals surface area contributed by atoms with Gasteiger partial charge in [0.05, 0.1) is 0 Å². The summed E-state index contributed by atoms with van der Waals surface area (Å²) in [6, 6.07) is 5.29. The Morgan fingerprint density at radius 2 is 1.35 bits per heavy atom. The molecular weight excluding hydrogens is 282 g/mol. The van der Waals surface area contributed by atoms with Gasteiger partial charge in [-0.2, -0.15) is 0 Å². The lowest BCUT2D eigenvalue weighted by Gasteiger charge is -2.40. The zero-order chi connectivity index (χ0) is 15.4. The Bertz CT molecular complexity index is 212. The third-order valence-electron chi connectivity index (χ3n) is 4.60. The average Bonchev–Trinajstić information content (AvgIpc) is 2.47. The van der Waals surface area contributed by atoms with Crippen LogP contribution in [-0.4, -0.2) is 48.4 Å². The van der Waals surface area contributed by atoms with Crippen molar-refractivity contribution in [2.45, 2.75) is 72.1 Å². The minimum absolute atomic E-state index is 0.798. The van der Waals surface area contributed by atoms with Gasteiger partial charge in [0.1, 0.15) is 8.24 Å². The number of rotatable bonds is 13. The highest BCUT2D eigenvalue weighted by Gasteiger charge is 2.33. The lowest BCUT2D eigenvalue weighted by Crippen LogP contribution is -2.52. The SMILES string of the molecule is CCO[SiH](CCCN(CC)[Si](CC)(CC)CC)OCC. The summed E-state index contributed by atoms with van der Waals surface area (Å²) in [5.41, 5.74) is 0. The Hall–Kier alpha value is 0.314. The summed E-state index contributed by atoms with van der Waals surface area (Å²) in [7, 11) is -2.58. The second-order valence-corrected chi connectivity index (χ2v) is 12.7. The highest BCUT2D eigenvalue weighted by Crippen LogP contribution is 2.25.